The van der Waals surface area contributed by atoms with Gasteiger partial charge in [0.05, 0.1) is 34.5 Å². The highest BCUT2D eigenvalue weighted by Crippen LogP contribution is 2.50. The lowest BCUT2D eigenvalue weighted by Crippen LogP contribution is -2.52. The van der Waals surface area contributed by atoms with E-state index < -0.39 is 0 Å². The third kappa shape index (κ3) is 4.16. The lowest BCUT2D eigenvalue weighted by Gasteiger charge is -2.45. The van der Waals surface area contributed by atoms with E-state index in [9.17, 15) is 0 Å². The topological polar surface area (TPSA) is 32.2 Å². The summed E-state index contributed by atoms with van der Waals surface area (Å²) in [7, 11) is 0. The van der Waals surface area contributed by atoms with Gasteiger partial charge in [-0.3, -0.25) is 0 Å². The van der Waals surface area contributed by atoms with Crippen LogP contribution in [-0.4, -0.2) is 16.8 Å². The normalized spacial score (nSPS) is 19.5. The maximum Gasteiger partial charge on any atom is 0.125 e. The number of fused-ring (bicyclic) bond motifs is 7. The van der Waals surface area contributed by atoms with E-state index in [1.165, 1.54) is 61.0 Å². The lowest BCUT2D eigenvalue weighted by atomic mass is 9.88. The smallest absolute Gasteiger partial charge is 0.125 e. The van der Waals surface area contributed by atoms with Gasteiger partial charge in [0.15, 0.2) is 0 Å². The maximum atomic E-state index is 3.97. The van der Waals surface area contributed by atoms with Crippen LogP contribution in [0, 0.1) is 0 Å². The Balaban J connectivity index is 1.07. The van der Waals surface area contributed by atoms with Crippen molar-refractivity contribution < 1.29 is 0 Å². The van der Waals surface area contributed by atoms with Crippen molar-refractivity contribution in [2.24, 2.45) is 0 Å². The van der Waals surface area contributed by atoms with Gasteiger partial charge in [0.1, 0.15) is 6.17 Å². The predicted octanol–water partition coefficient (Wildman–Crippen LogP) is 10.4. The van der Waals surface area contributed by atoms with Crippen molar-refractivity contribution in [3.8, 4) is 5.69 Å². The van der Waals surface area contributed by atoms with Crippen LogP contribution in [-0.2, 0) is 0 Å². The third-order valence-corrected chi connectivity index (χ3v) is 10.4. The van der Waals surface area contributed by atoms with E-state index in [0.29, 0.717) is 0 Å². The van der Waals surface area contributed by atoms with E-state index >= 15 is 0 Å². The molecule has 0 bridgehead atoms. The van der Waals surface area contributed by atoms with Gasteiger partial charge in [-0.15, -0.1) is 0 Å². The quantitative estimate of drug-likeness (QED) is 0.206. The molecule has 0 amide bonds. The molecule has 0 fully saturated rings. The number of para-hydroxylation sites is 5. The van der Waals surface area contributed by atoms with Gasteiger partial charge >= 0.3 is 0 Å². The standard InChI is InChI=1S/C44H34N4/c1-3-13-29(14-4-1)43-44(46-38-20-10-9-19-37(38)45-43)48-40-22-12-8-18-34(40)36-28-31(24-26-42(36)48)30-23-25-41-35(27-30)33-17-7-11-21-39(33)47(41)32-15-5-2-6-16-32/h1-25,27-28,42-46H,26H2. The molecule has 10 rings (SSSR count). The number of hydrogen-bond donors (Lipinski definition) is 2. The molecule has 0 saturated heterocycles. The van der Waals surface area contributed by atoms with Crippen LogP contribution in [0.4, 0.5) is 17.1 Å². The molecule has 3 atom stereocenters. The third-order valence-electron chi connectivity index (χ3n) is 10.4. The van der Waals surface area contributed by atoms with Crippen LogP contribution in [0.2, 0.25) is 0 Å². The zero-order valence-corrected chi connectivity index (χ0v) is 26.4. The number of nitrogens with one attached hydrogen (secondary N) is 2. The van der Waals surface area contributed by atoms with Crippen LogP contribution in [0.15, 0.2) is 164 Å². The molecule has 48 heavy (non-hydrogen) atoms. The lowest BCUT2D eigenvalue weighted by molar-refractivity contribution is 0.539. The van der Waals surface area contributed by atoms with Crippen molar-refractivity contribution in [2.45, 2.75) is 24.7 Å². The number of rotatable bonds is 4. The summed E-state index contributed by atoms with van der Waals surface area (Å²) in [6.45, 7) is 0. The van der Waals surface area contributed by atoms with E-state index in [-0.39, 0.29) is 18.2 Å². The van der Waals surface area contributed by atoms with Gasteiger partial charge < -0.3 is 20.1 Å². The first-order valence-electron chi connectivity index (χ1n) is 16.9. The molecule has 2 aliphatic heterocycles. The Morgan fingerprint density at radius 1 is 0.583 bits per heavy atom. The molecule has 3 unspecified atom stereocenters. The van der Waals surface area contributed by atoms with Gasteiger partial charge in [-0.25, -0.2) is 0 Å². The van der Waals surface area contributed by atoms with Crippen molar-refractivity contribution in [3.05, 3.63) is 181 Å². The molecule has 0 saturated carbocycles. The first kappa shape index (κ1) is 27.1. The molecule has 4 heteroatoms. The number of aromatic nitrogens is 1. The average molecular weight is 619 g/mol. The summed E-state index contributed by atoms with van der Waals surface area (Å²) >= 11 is 0. The molecule has 1 aliphatic carbocycles. The van der Waals surface area contributed by atoms with E-state index in [1.807, 2.05) is 0 Å². The summed E-state index contributed by atoms with van der Waals surface area (Å²) in [6.07, 6.45) is 5.86. The molecular weight excluding hydrogens is 585 g/mol. The average Bonchev–Trinajstić information content (AvgIpc) is 3.67. The Hall–Kier alpha value is -6.00. The van der Waals surface area contributed by atoms with Gasteiger partial charge in [-0.1, -0.05) is 109 Å². The minimum absolute atomic E-state index is 0.0229. The second kappa shape index (κ2) is 10.8. The molecule has 3 heterocycles. The summed E-state index contributed by atoms with van der Waals surface area (Å²) in [6, 6.07) is 55.1. The van der Waals surface area contributed by atoms with Gasteiger partial charge in [-0.2, -0.15) is 0 Å². The maximum absolute atomic E-state index is 3.97. The summed E-state index contributed by atoms with van der Waals surface area (Å²) in [5.41, 5.74) is 13.7. The highest BCUT2D eigenvalue weighted by atomic mass is 15.4. The fourth-order valence-corrected chi connectivity index (χ4v) is 8.25. The van der Waals surface area contributed by atoms with Crippen molar-refractivity contribution >= 4 is 50.0 Å². The zero-order valence-electron chi connectivity index (χ0n) is 26.4. The predicted molar refractivity (Wildman–Crippen MR) is 201 cm³/mol. The van der Waals surface area contributed by atoms with Gasteiger partial charge in [-0.05, 0) is 83.3 Å². The minimum Gasteiger partial charge on any atom is -0.373 e. The Kier molecular flexibility index (Phi) is 6.10. The number of hydrogen-bond acceptors (Lipinski definition) is 3. The molecule has 0 radical (unpaired) electrons. The van der Waals surface area contributed by atoms with E-state index in [1.54, 1.807) is 0 Å². The summed E-state index contributed by atoms with van der Waals surface area (Å²) in [5, 5.41) is 10.4. The monoisotopic (exact) mass is 618 g/mol. The molecule has 0 spiro atoms. The van der Waals surface area contributed by atoms with E-state index in [0.717, 1.165) is 17.8 Å². The van der Waals surface area contributed by atoms with Crippen molar-refractivity contribution in [2.75, 3.05) is 15.5 Å². The van der Waals surface area contributed by atoms with Crippen LogP contribution >= 0.6 is 0 Å². The Morgan fingerprint density at radius 3 is 2.12 bits per heavy atom. The van der Waals surface area contributed by atoms with Gasteiger partial charge in [0, 0.05) is 27.7 Å². The molecule has 4 nitrogen and oxygen atoms in total. The Morgan fingerprint density at radius 2 is 1.27 bits per heavy atom. The van der Waals surface area contributed by atoms with E-state index in [2.05, 4.69) is 184 Å². The molecule has 3 aliphatic rings. The molecule has 2 N–H and O–H groups in total. The number of allylic oxidation sites excluding steroid dienone is 2. The Bertz CT molecular complexity index is 2400. The molecule has 1 aromatic heterocycles. The summed E-state index contributed by atoms with van der Waals surface area (Å²) in [4.78, 5) is 2.63. The first-order chi connectivity index (χ1) is 23.8. The van der Waals surface area contributed by atoms with Crippen molar-refractivity contribution in [1.29, 1.82) is 0 Å². The van der Waals surface area contributed by atoms with Gasteiger partial charge in [0.2, 0.25) is 0 Å². The minimum atomic E-state index is 0.0229. The van der Waals surface area contributed by atoms with Crippen LogP contribution in [0.1, 0.15) is 29.2 Å². The van der Waals surface area contributed by atoms with Crippen molar-refractivity contribution in [3.63, 3.8) is 0 Å². The summed E-state index contributed by atoms with van der Waals surface area (Å²) < 4.78 is 2.38. The fourth-order valence-electron chi connectivity index (χ4n) is 8.25. The molecular formula is C44H34N4. The second-order valence-electron chi connectivity index (χ2n) is 13.0. The molecule has 6 aromatic carbocycles. The Labute approximate surface area is 280 Å². The highest BCUT2D eigenvalue weighted by molar-refractivity contribution is 6.10. The SMILES string of the molecule is C1=C(c2ccc3c(c2)c2ccccc2n3-c2ccccc2)C=C2c3ccccc3N(C3Nc4ccccc4NC3c3ccccc3)C2C1. The number of nitrogens with zero attached hydrogens (tertiary/aromatic N) is 2. The van der Waals surface area contributed by atoms with Crippen LogP contribution in [0.5, 0.6) is 0 Å². The number of benzene rings is 6. The van der Waals surface area contributed by atoms with Gasteiger partial charge in [0.25, 0.3) is 0 Å². The number of anilines is 3. The molecule has 230 valence electrons. The fraction of sp³-hybridized carbons (Fsp3) is 0.0909. The largest absolute Gasteiger partial charge is 0.373 e. The summed E-state index contributed by atoms with van der Waals surface area (Å²) in [5.74, 6) is 0. The molecule has 7 aromatic rings. The van der Waals surface area contributed by atoms with Crippen LogP contribution in [0.3, 0.4) is 0 Å². The zero-order chi connectivity index (χ0) is 31.6. The van der Waals surface area contributed by atoms with E-state index in [4.69, 9.17) is 0 Å². The van der Waals surface area contributed by atoms with Crippen LogP contribution in [0.25, 0.3) is 38.6 Å². The first-order valence-corrected chi connectivity index (χ1v) is 16.9. The second-order valence-corrected chi connectivity index (χ2v) is 13.0. The van der Waals surface area contributed by atoms with Crippen LogP contribution < -0.4 is 15.5 Å². The highest BCUT2D eigenvalue weighted by Gasteiger charge is 2.43. The van der Waals surface area contributed by atoms with Crippen molar-refractivity contribution in [1.82, 2.24) is 4.57 Å².